The van der Waals surface area contributed by atoms with Gasteiger partial charge >= 0.3 is 12.2 Å². The summed E-state index contributed by atoms with van der Waals surface area (Å²) in [5.74, 6) is 0.614. The minimum absolute atomic E-state index is 0.0554. The van der Waals surface area contributed by atoms with Crippen molar-refractivity contribution in [1.29, 1.82) is 0 Å². The van der Waals surface area contributed by atoms with E-state index in [0.717, 1.165) is 38.5 Å². The SMILES string of the molecule is O=C(NC1CCC(C(=O)C2CCCCC2)CC1)NC1NC(NO)CC(C(F)(F)F)N1. The first-order chi connectivity index (χ1) is 14.3. The van der Waals surface area contributed by atoms with E-state index in [1.165, 1.54) is 6.42 Å². The van der Waals surface area contributed by atoms with E-state index >= 15 is 0 Å². The smallest absolute Gasteiger partial charge is 0.335 e. The van der Waals surface area contributed by atoms with Crippen LogP contribution in [0.4, 0.5) is 18.0 Å². The van der Waals surface area contributed by atoms with Crippen LogP contribution in [0.3, 0.4) is 0 Å². The van der Waals surface area contributed by atoms with E-state index in [1.54, 1.807) is 5.48 Å². The highest BCUT2D eigenvalue weighted by atomic mass is 19.4. The average molecular weight is 435 g/mol. The Morgan fingerprint density at radius 1 is 0.867 bits per heavy atom. The van der Waals surface area contributed by atoms with Gasteiger partial charge < -0.3 is 15.8 Å². The highest BCUT2D eigenvalue weighted by molar-refractivity contribution is 5.83. The van der Waals surface area contributed by atoms with Crippen molar-refractivity contribution in [2.24, 2.45) is 11.8 Å². The number of urea groups is 1. The standard InChI is InChI=1S/C19H32F3N5O3/c20-19(21,22)14-10-15(27-30)25-17(24-14)26-18(29)23-13-8-6-12(7-9-13)16(28)11-4-2-1-3-5-11/h11-15,17,24-25,27,30H,1-10H2,(H2,23,26,29). The zero-order chi connectivity index (χ0) is 21.7. The number of nitrogens with one attached hydrogen (secondary N) is 5. The van der Waals surface area contributed by atoms with Crippen molar-refractivity contribution >= 4 is 11.8 Å². The second-order valence-corrected chi connectivity index (χ2v) is 8.68. The van der Waals surface area contributed by atoms with Crippen LogP contribution in [0.2, 0.25) is 0 Å². The number of amides is 2. The Morgan fingerprint density at radius 3 is 2.10 bits per heavy atom. The van der Waals surface area contributed by atoms with Crippen LogP contribution in [0.25, 0.3) is 0 Å². The van der Waals surface area contributed by atoms with Crippen molar-refractivity contribution < 1.29 is 28.0 Å². The van der Waals surface area contributed by atoms with Gasteiger partial charge in [0.2, 0.25) is 0 Å². The zero-order valence-electron chi connectivity index (χ0n) is 16.9. The highest BCUT2D eigenvalue weighted by Gasteiger charge is 2.45. The first kappa shape index (κ1) is 23.2. The number of ketones is 1. The number of alkyl halides is 3. The van der Waals surface area contributed by atoms with Gasteiger partial charge in [0.15, 0.2) is 0 Å². The summed E-state index contributed by atoms with van der Waals surface area (Å²) in [5.41, 5.74) is 1.78. The molecule has 2 amide bonds. The van der Waals surface area contributed by atoms with E-state index in [4.69, 9.17) is 5.21 Å². The van der Waals surface area contributed by atoms with Gasteiger partial charge in [-0.1, -0.05) is 19.3 Å². The number of hydroxylamine groups is 1. The molecule has 172 valence electrons. The van der Waals surface area contributed by atoms with Gasteiger partial charge in [0.05, 0.1) is 6.17 Å². The van der Waals surface area contributed by atoms with Gasteiger partial charge in [0.1, 0.15) is 18.1 Å². The second-order valence-electron chi connectivity index (χ2n) is 8.68. The van der Waals surface area contributed by atoms with E-state index in [9.17, 15) is 22.8 Å². The molecule has 6 N–H and O–H groups in total. The van der Waals surface area contributed by atoms with Crippen molar-refractivity contribution in [1.82, 2.24) is 26.7 Å². The lowest BCUT2D eigenvalue weighted by molar-refractivity contribution is -0.170. The zero-order valence-corrected chi connectivity index (χ0v) is 16.9. The summed E-state index contributed by atoms with van der Waals surface area (Å²) in [4.78, 5) is 24.9. The van der Waals surface area contributed by atoms with E-state index in [2.05, 4.69) is 21.3 Å². The van der Waals surface area contributed by atoms with Gasteiger partial charge in [-0.25, -0.2) is 4.79 Å². The monoisotopic (exact) mass is 435 g/mol. The third-order valence-corrected chi connectivity index (χ3v) is 6.51. The lowest BCUT2D eigenvalue weighted by atomic mass is 9.75. The third kappa shape index (κ3) is 6.29. The Balaban J connectivity index is 1.42. The fourth-order valence-corrected chi connectivity index (χ4v) is 4.82. The molecule has 1 saturated heterocycles. The molecule has 2 saturated carbocycles. The molecule has 2 aliphatic carbocycles. The van der Waals surface area contributed by atoms with Crippen LogP contribution >= 0.6 is 0 Å². The molecule has 0 radical (unpaired) electrons. The summed E-state index contributed by atoms with van der Waals surface area (Å²) >= 11 is 0. The van der Waals surface area contributed by atoms with Gasteiger partial charge in [0, 0.05) is 24.3 Å². The molecule has 0 aromatic carbocycles. The van der Waals surface area contributed by atoms with Crippen molar-refractivity contribution in [2.45, 2.75) is 94.9 Å². The van der Waals surface area contributed by atoms with Crippen LogP contribution in [0.15, 0.2) is 0 Å². The molecule has 30 heavy (non-hydrogen) atoms. The maximum absolute atomic E-state index is 13.0. The van der Waals surface area contributed by atoms with E-state index in [-0.39, 0.29) is 17.9 Å². The molecule has 8 nitrogen and oxygen atoms in total. The molecular formula is C19H32F3N5O3. The minimum Gasteiger partial charge on any atom is -0.335 e. The fraction of sp³-hybridized carbons (Fsp3) is 0.895. The van der Waals surface area contributed by atoms with Gasteiger partial charge in [-0.05, 0) is 38.5 Å². The molecule has 0 aromatic rings. The highest BCUT2D eigenvalue weighted by Crippen LogP contribution is 2.33. The molecule has 3 fully saturated rings. The second kappa shape index (κ2) is 10.3. The van der Waals surface area contributed by atoms with Gasteiger partial charge in [-0.3, -0.25) is 15.4 Å². The van der Waals surface area contributed by atoms with Crippen molar-refractivity contribution in [3.05, 3.63) is 0 Å². The normalized spacial score (nSPS) is 33.7. The molecule has 0 bridgehead atoms. The number of carbonyl (C=O) groups excluding carboxylic acids is 2. The molecule has 1 aliphatic heterocycles. The molecule has 3 atom stereocenters. The molecule has 1 heterocycles. The quantitative estimate of drug-likeness (QED) is 0.369. The summed E-state index contributed by atoms with van der Waals surface area (Å²) in [6.45, 7) is 0. The predicted octanol–water partition coefficient (Wildman–Crippen LogP) is 2.10. The third-order valence-electron chi connectivity index (χ3n) is 6.51. The number of Topliss-reactive ketones (excluding diaryl/α,β-unsaturated/α-hetero) is 1. The molecular weight excluding hydrogens is 403 g/mol. The summed E-state index contributed by atoms with van der Waals surface area (Å²) in [7, 11) is 0. The maximum atomic E-state index is 13.0. The van der Waals surface area contributed by atoms with Crippen LogP contribution in [0.1, 0.15) is 64.2 Å². The van der Waals surface area contributed by atoms with Crippen LogP contribution in [-0.2, 0) is 4.79 Å². The minimum atomic E-state index is -4.50. The Kier molecular flexibility index (Phi) is 7.94. The van der Waals surface area contributed by atoms with Gasteiger partial charge in [-0.2, -0.15) is 18.7 Å². The maximum Gasteiger partial charge on any atom is 0.404 e. The van der Waals surface area contributed by atoms with Crippen LogP contribution in [-0.4, -0.2) is 47.7 Å². The first-order valence-electron chi connectivity index (χ1n) is 10.9. The lowest BCUT2D eigenvalue weighted by Gasteiger charge is -2.38. The van der Waals surface area contributed by atoms with Crippen LogP contribution in [0.5, 0.6) is 0 Å². The number of rotatable bonds is 5. The Hall–Kier alpha value is -1.43. The fourth-order valence-electron chi connectivity index (χ4n) is 4.82. The molecule has 0 aromatic heterocycles. The number of hydrogen-bond donors (Lipinski definition) is 6. The van der Waals surface area contributed by atoms with E-state index in [0.29, 0.717) is 18.6 Å². The molecule has 3 aliphatic rings. The summed E-state index contributed by atoms with van der Waals surface area (Å²) in [6.07, 6.45) is 1.16. The van der Waals surface area contributed by atoms with Crippen LogP contribution in [0, 0.1) is 11.8 Å². The number of hydrogen-bond acceptors (Lipinski definition) is 6. The van der Waals surface area contributed by atoms with E-state index in [1.807, 2.05) is 0 Å². The van der Waals surface area contributed by atoms with E-state index < -0.39 is 37.1 Å². The number of halogens is 3. The number of carbonyl (C=O) groups is 2. The molecule has 0 spiro atoms. The lowest BCUT2D eigenvalue weighted by Crippen LogP contribution is -2.71. The largest absolute Gasteiger partial charge is 0.404 e. The summed E-state index contributed by atoms with van der Waals surface area (Å²) in [5, 5.41) is 19.1. The average Bonchev–Trinajstić information content (AvgIpc) is 2.73. The van der Waals surface area contributed by atoms with Crippen molar-refractivity contribution in [2.75, 3.05) is 0 Å². The van der Waals surface area contributed by atoms with Crippen molar-refractivity contribution in [3.8, 4) is 0 Å². The Morgan fingerprint density at radius 2 is 1.50 bits per heavy atom. The predicted molar refractivity (Wildman–Crippen MR) is 102 cm³/mol. The van der Waals surface area contributed by atoms with Gasteiger partial charge in [-0.15, -0.1) is 0 Å². The topological polar surface area (TPSA) is 115 Å². The molecule has 3 rings (SSSR count). The van der Waals surface area contributed by atoms with Crippen LogP contribution < -0.4 is 26.7 Å². The molecule has 11 heteroatoms. The Bertz CT molecular complexity index is 592. The molecule has 3 unspecified atom stereocenters. The summed E-state index contributed by atoms with van der Waals surface area (Å²) in [6, 6.07) is -2.58. The summed E-state index contributed by atoms with van der Waals surface area (Å²) < 4.78 is 39.0. The van der Waals surface area contributed by atoms with Gasteiger partial charge in [0.25, 0.3) is 0 Å². The Labute approximate surface area is 174 Å². The van der Waals surface area contributed by atoms with Crippen molar-refractivity contribution in [3.63, 3.8) is 0 Å². The first-order valence-corrected chi connectivity index (χ1v) is 10.9.